The molecule has 0 amide bonds. The minimum absolute atomic E-state index is 0.406. The minimum Gasteiger partial charge on any atom is -0.381 e. The molecule has 0 saturated carbocycles. The van der Waals surface area contributed by atoms with Crippen molar-refractivity contribution in [1.82, 2.24) is 5.32 Å². The Morgan fingerprint density at radius 1 is 1.29 bits per heavy atom. The van der Waals surface area contributed by atoms with Gasteiger partial charge in [0.05, 0.1) is 0 Å². The first-order valence-corrected chi connectivity index (χ1v) is 5.90. The molecule has 82 valence electrons. The summed E-state index contributed by atoms with van der Waals surface area (Å²) < 4.78 is 5.35. The molecule has 2 aliphatic rings. The van der Waals surface area contributed by atoms with E-state index in [-0.39, 0.29) is 0 Å². The molecule has 0 spiro atoms. The summed E-state index contributed by atoms with van der Waals surface area (Å²) in [5, 5.41) is 3.40. The van der Waals surface area contributed by atoms with E-state index in [1.165, 1.54) is 38.8 Å². The van der Waals surface area contributed by atoms with E-state index in [9.17, 15) is 0 Å². The Morgan fingerprint density at radius 2 is 2.07 bits per heavy atom. The van der Waals surface area contributed by atoms with Crippen molar-refractivity contribution < 1.29 is 4.74 Å². The lowest BCUT2D eigenvalue weighted by molar-refractivity contribution is 0.0558. The molecular weight excluding hydrogens is 176 g/mol. The predicted molar refractivity (Wildman–Crippen MR) is 57.1 cm³/mol. The van der Waals surface area contributed by atoms with Crippen LogP contribution in [0.5, 0.6) is 0 Å². The van der Waals surface area contributed by atoms with Gasteiger partial charge in [0.2, 0.25) is 0 Å². The maximum absolute atomic E-state index is 6.24. The molecule has 0 aliphatic carbocycles. The number of rotatable bonds is 3. The zero-order chi connectivity index (χ0) is 9.80. The van der Waals surface area contributed by atoms with E-state index in [0.29, 0.717) is 12.0 Å². The number of ether oxygens (including phenoxy) is 1. The van der Waals surface area contributed by atoms with Gasteiger partial charge in [0.15, 0.2) is 0 Å². The third kappa shape index (κ3) is 2.69. The standard InChI is InChI=1S/C11H22N2O/c12-11(7-9-1-4-13-8-9)10-2-5-14-6-3-10/h9-11,13H,1-8,12H2. The third-order valence-corrected chi connectivity index (χ3v) is 3.64. The van der Waals surface area contributed by atoms with Crippen LogP contribution in [-0.2, 0) is 4.74 Å². The van der Waals surface area contributed by atoms with Gasteiger partial charge in [-0.15, -0.1) is 0 Å². The maximum Gasteiger partial charge on any atom is 0.0469 e. The van der Waals surface area contributed by atoms with Crippen molar-refractivity contribution >= 4 is 0 Å². The molecule has 3 heteroatoms. The Labute approximate surface area is 86.4 Å². The van der Waals surface area contributed by atoms with Crippen molar-refractivity contribution in [1.29, 1.82) is 0 Å². The monoisotopic (exact) mass is 198 g/mol. The van der Waals surface area contributed by atoms with Crippen LogP contribution < -0.4 is 11.1 Å². The molecule has 2 aliphatic heterocycles. The molecule has 2 heterocycles. The van der Waals surface area contributed by atoms with Gasteiger partial charge in [-0.25, -0.2) is 0 Å². The summed E-state index contributed by atoms with van der Waals surface area (Å²) in [6.07, 6.45) is 4.86. The lowest BCUT2D eigenvalue weighted by Crippen LogP contribution is -2.36. The summed E-state index contributed by atoms with van der Waals surface area (Å²) in [5.41, 5.74) is 6.24. The summed E-state index contributed by atoms with van der Waals surface area (Å²) in [4.78, 5) is 0. The lowest BCUT2D eigenvalue weighted by atomic mass is 9.86. The van der Waals surface area contributed by atoms with Crippen molar-refractivity contribution in [3.63, 3.8) is 0 Å². The highest BCUT2D eigenvalue weighted by Crippen LogP contribution is 2.23. The first kappa shape index (κ1) is 10.4. The first-order chi connectivity index (χ1) is 6.86. The van der Waals surface area contributed by atoms with E-state index in [2.05, 4.69) is 5.32 Å². The first-order valence-electron chi connectivity index (χ1n) is 5.90. The van der Waals surface area contributed by atoms with Gasteiger partial charge in [-0.3, -0.25) is 0 Å². The quantitative estimate of drug-likeness (QED) is 0.703. The van der Waals surface area contributed by atoms with Crippen LogP contribution in [0.15, 0.2) is 0 Å². The molecule has 2 fully saturated rings. The molecule has 3 nitrogen and oxygen atoms in total. The highest BCUT2D eigenvalue weighted by atomic mass is 16.5. The Hall–Kier alpha value is -0.120. The summed E-state index contributed by atoms with van der Waals surface area (Å²) in [6, 6.07) is 0.406. The van der Waals surface area contributed by atoms with Crippen LogP contribution in [-0.4, -0.2) is 32.3 Å². The highest BCUT2D eigenvalue weighted by molar-refractivity contribution is 4.81. The number of hydrogen-bond donors (Lipinski definition) is 2. The van der Waals surface area contributed by atoms with Gasteiger partial charge in [-0.2, -0.15) is 0 Å². The van der Waals surface area contributed by atoms with Crippen LogP contribution in [0.2, 0.25) is 0 Å². The molecule has 0 radical (unpaired) electrons. The Kier molecular flexibility index (Phi) is 3.79. The molecule has 2 unspecified atom stereocenters. The van der Waals surface area contributed by atoms with Crippen LogP contribution in [0.3, 0.4) is 0 Å². The zero-order valence-electron chi connectivity index (χ0n) is 8.87. The molecular formula is C11H22N2O. The second-order valence-electron chi connectivity index (χ2n) is 4.71. The van der Waals surface area contributed by atoms with Crippen LogP contribution >= 0.6 is 0 Å². The van der Waals surface area contributed by atoms with E-state index < -0.39 is 0 Å². The minimum atomic E-state index is 0.406. The predicted octanol–water partition coefficient (Wildman–Crippen LogP) is 0.740. The van der Waals surface area contributed by atoms with Gasteiger partial charge in [-0.1, -0.05) is 0 Å². The van der Waals surface area contributed by atoms with Crippen LogP contribution in [0.4, 0.5) is 0 Å². The molecule has 14 heavy (non-hydrogen) atoms. The Morgan fingerprint density at radius 3 is 2.71 bits per heavy atom. The lowest BCUT2D eigenvalue weighted by Gasteiger charge is -2.29. The van der Waals surface area contributed by atoms with E-state index in [0.717, 1.165) is 19.1 Å². The van der Waals surface area contributed by atoms with Crippen molar-refractivity contribution in [2.24, 2.45) is 17.6 Å². The second kappa shape index (κ2) is 5.10. The van der Waals surface area contributed by atoms with Crippen molar-refractivity contribution in [3.8, 4) is 0 Å². The van der Waals surface area contributed by atoms with E-state index >= 15 is 0 Å². The van der Waals surface area contributed by atoms with Crippen molar-refractivity contribution in [2.45, 2.75) is 31.7 Å². The van der Waals surface area contributed by atoms with E-state index in [1.54, 1.807) is 0 Å². The molecule has 0 bridgehead atoms. The summed E-state index contributed by atoms with van der Waals surface area (Å²) in [5.74, 6) is 1.54. The molecule has 2 rings (SSSR count). The van der Waals surface area contributed by atoms with Gasteiger partial charge < -0.3 is 15.8 Å². The zero-order valence-corrected chi connectivity index (χ0v) is 8.87. The fraction of sp³-hybridized carbons (Fsp3) is 1.00. The molecule has 2 atom stereocenters. The van der Waals surface area contributed by atoms with Gasteiger partial charge in [0.25, 0.3) is 0 Å². The smallest absolute Gasteiger partial charge is 0.0469 e. The van der Waals surface area contributed by atoms with E-state index in [1.807, 2.05) is 0 Å². The summed E-state index contributed by atoms with van der Waals surface area (Å²) in [6.45, 7) is 4.20. The Balaban J connectivity index is 1.72. The maximum atomic E-state index is 6.24. The number of nitrogens with one attached hydrogen (secondary N) is 1. The van der Waals surface area contributed by atoms with Gasteiger partial charge >= 0.3 is 0 Å². The fourth-order valence-electron chi connectivity index (χ4n) is 2.64. The number of hydrogen-bond acceptors (Lipinski definition) is 3. The molecule has 3 N–H and O–H groups in total. The Bertz CT molecular complexity index is 163. The third-order valence-electron chi connectivity index (χ3n) is 3.64. The van der Waals surface area contributed by atoms with Gasteiger partial charge in [-0.05, 0) is 50.6 Å². The topological polar surface area (TPSA) is 47.3 Å². The van der Waals surface area contributed by atoms with Gasteiger partial charge in [0, 0.05) is 19.3 Å². The normalized spacial score (nSPS) is 31.9. The molecule has 2 saturated heterocycles. The molecule has 0 aromatic carbocycles. The largest absolute Gasteiger partial charge is 0.381 e. The fourth-order valence-corrected chi connectivity index (χ4v) is 2.64. The average molecular weight is 198 g/mol. The number of nitrogens with two attached hydrogens (primary N) is 1. The summed E-state index contributed by atoms with van der Waals surface area (Å²) >= 11 is 0. The van der Waals surface area contributed by atoms with Gasteiger partial charge in [0.1, 0.15) is 0 Å². The average Bonchev–Trinajstić information content (AvgIpc) is 2.72. The summed E-state index contributed by atoms with van der Waals surface area (Å²) in [7, 11) is 0. The molecule has 0 aromatic heterocycles. The highest BCUT2D eigenvalue weighted by Gasteiger charge is 2.25. The van der Waals surface area contributed by atoms with Crippen molar-refractivity contribution in [2.75, 3.05) is 26.3 Å². The second-order valence-corrected chi connectivity index (χ2v) is 4.71. The van der Waals surface area contributed by atoms with Crippen LogP contribution in [0.1, 0.15) is 25.7 Å². The van der Waals surface area contributed by atoms with Crippen LogP contribution in [0, 0.1) is 11.8 Å². The SMILES string of the molecule is NC(CC1CCNC1)C1CCOCC1. The van der Waals surface area contributed by atoms with E-state index in [4.69, 9.17) is 10.5 Å². The van der Waals surface area contributed by atoms with Crippen LogP contribution in [0.25, 0.3) is 0 Å². The molecule has 0 aromatic rings. The van der Waals surface area contributed by atoms with Crippen molar-refractivity contribution in [3.05, 3.63) is 0 Å².